The lowest BCUT2D eigenvalue weighted by Crippen LogP contribution is -2.23. The third kappa shape index (κ3) is 3.71. The molecule has 1 heterocycles. The summed E-state index contributed by atoms with van der Waals surface area (Å²) >= 11 is 0. The number of hydrogen-bond donors (Lipinski definition) is 1. The zero-order valence-electron chi connectivity index (χ0n) is 14.6. The highest BCUT2D eigenvalue weighted by molar-refractivity contribution is 5.93. The number of ether oxygens (including phenoxy) is 1. The van der Waals surface area contributed by atoms with Crippen LogP contribution >= 0.6 is 0 Å². The van der Waals surface area contributed by atoms with E-state index >= 15 is 0 Å². The lowest BCUT2D eigenvalue weighted by molar-refractivity contribution is 0.0945. The minimum absolute atomic E-state index is 0.184. The Morgan fingerprint density at radius 3 is 2.60 bits per heavy atom. The van der Waals surface area contributed by atoms with Crippen molar-refractivity contribution in [3.8, 4) is 17.0 Å². The molecule has 0 bridgehead atoms. The van der Waals surface area contributed by atoms with Crippen molar-refractivity contribution in [1.29, 1.82) is 0 Å². The van der Waals surface area contributed by atoms with Gasteiger partial charge >= 0.3 is 0 Å². The SMILES string of the molecule is COc1ccc(-c2cc(C(=O)NCc3ccccc3)nn2C)cc1C. The minimum atomic E-state index is -0.184. The molecule has 0 unspecified atom stereocenters. The number of nitrogens with zero attached hydrogens (tertiary/aromatic N) is 2. The first-order valence-electron chi connectivity index (χ1n) is 8.09. The van der Waals surface area contributed by atoms with Crippen LogP contribution in [0.15, 0.2) is 54.6 Å². The standard InChI is InChI=1S/C20H21N3O2/c1-14-11-16(9-10-19(14)25-3)18-12-17(22-23(18)2)20(24)21-13-15-7-5-4-6-8-15/h4-12H,13H2,1-3H3,(H,21,24). The Labute approximate surface area is 147 Å². The van der Waals surface area contributed by atoms with Gasteiger partial charge in [0.2, 0.25) is 0 Å². The lowest BCUT2D eigenvalue weighted by Gasteiger charge is -2.07. The minimum Gasteiger partial charge on any atom is -0.496 e. The van der Waals surface area contributed by atoms with Gasteiger partial charge in [-0.2, -0.15) is 5.10 Å². The summed E-state index contributed by atoms with van der Waals surface area (Å²) in [5, 5.41) is 7.25. The molecular formula is C20H21N3O2. The molecule has 0 saturated carbocycles. The summed E-state index contributed by atoms with van der Waals surface area (Å²) in [6, 6.07) is 17.5. The molecule has 1 N–H and O–H groups in total. The molecule has 1 aromatic heterocycles. The molecule has 0 aliphatic rings. The second-order valence-electron chi connectivity index (χ2n) is 5.89. The van der Waals surface area contributed by atoms with Crippen LogP contribution in [0, 0.1) is 6.92 Å². The number of methoxy groups -OCH3 is 1. The third-order valence-electron chi connectivity index (χ3n) is 4.10. The fraction of sp³-hybridized carbons (Fsp3) is 0.200. The Hall–Kier alpha value is -3.08. The van der Waals surface area contributed by atoms with Gasteiger partial charge in [-0.15, -0.1) is 0 Å². The first-order valence-corrected chi connectivity index (χ1v) is 8.09. The van der Waals surface area contributed by atoms with E-state index in [1.165, 1.54) is 0 Å². The molecule has 5 nitrogen and oxygen atoms in total. The van der Waals surface area contributed by atoms with Gasteiger partial charge in [0, 0.05) is 19.2 Å². The van der Waals surface area contributed by atoms with Gasteiger partial charge in [0.1, 0.15) is 5.75 Å². The van der Waals surface area contributed by atoms with Gasteiger partial charge in [-0.3, -0.25) is 9.48 Å². The number of aromatic nitrogens is 2. The fourth-order valence-electron chi connectivity index (χ4n) is 2.75. The molecule has 128 valence electrons. The molecule has 3 aromatic rings. The molecule has 2 aromatic carbocycles. The molecule has 25 heavy (non-hydrogen) atoms. The maximum absolute atomic E-state index is 12.4. The maximum atomic E-state index is 12.4. The van der Waals surface area contributed by atoms with Crippen molar-refractivity contribution < 1.29 is 9.53 Å². The largest absolute Gasteiger partial charge is 0.496 e. The number of rotatable bonds is 5. The molecule has 0 saturated heterocycles. The quantitative estimate of drug-likeness (QED) is 0.778. The Morgan fingerprint density at radius 2 is 1.92 bits per heavy atom. The van der Waals surface area contributed by atoms with Crippen molar-refractivity contribution in [2.45, 2.75) is 13.5 Å². The van der Waals surface area contributed by atoms with Crippen molar-refractivity contribution in [1.82, 2.24) is 15.1 Å². The molecule has 0 fully saturated rings. The van der Waals surface area contributed by atoms with E-state index in [9.17, 15) is 4.79 Å². The Kier molecular flexibility index (Phi) is 4.84. The average molecular weight is 335 g/mol. The Balaban J connectivity index is 1.77. The van der Waals surface area contributed by atoms with E-state index in [1.807, 2.05) is 68.6 Å². The van der Waals surface area contributed by atoms with Gasteiger partial charge in [-0.25, -0.2) is 0 Å². The summed E-state index contributed by atoms with van der Waals surface area (Å²) < 4.78 is 7.02. The maximum Gasteiger partial charge on any atom is 0.272 e. The predicted molar refractivity (Wildman–Crippen MR) is 97.5 cm³/mol. The van der Waals surface area contributed by atoms with Gasteiger partial charge < -0.3 is 10.1 Å². The van der Waals surface area contributed by atoms with Crippen LogP contribution in [-0.2, 0) is 13.6 Å². The van der Waals surface area contributed by atoms with Gasteiger partial charge in [0.05, 0.1) is 12.8 Å². The summed E-state index contributed by atoms with van der Waals surface area (Å²) in [5.74, 6) is 0.655. The molecule has 0 radical (unpaired) electrons. The molecule has 3 rings (SSSR count). The van der Waals surface area contributed by atoms with Gasteiger partial charge in [0.25, 0.3) is 5.91 Å². The lowest BCUT2D eigenvalue weighted by atomic mass is 10.1. The van der Waals surface area contributed by atoms with E-state index in [0.29, 0.717) is 12.2 Å². The van der Waals surface area contributed by atoms with Gasteiger partial charge in [-0.1, -0.05) is 30.3 Å². The molecular weight excluding hydrogens is 314 g/mol. The van der Waals surface area contributed by atoms with Crippen LogP contribution in [0.1, 0.15) is 21.6 Å². The van der Waals surface area contributed by atoms with E-state index in [-0.39, 0.29) is 5.91 Å². The Morgan fingerprint density at radius 1 is 1.16 bits per heavy atom. The summed E-state index contributed by atoms with van der Waals surface area (Å²) in [4.78, 5) is 12.4. The number of carbonyl (C=O) groups excluding carboxylic acids is 1. The van der Waals surface area contributed by atoms with E-state index in [4.69, 9.17) is 4.74 Å². The summed E-state index contributed by atoms with van der Waals surface area (Å²) in [5.41, 5.74) is 4.38. The third-order valence-corrected chi connectivity index (χ3v) is 4.10. The predicted octanol–water partition coefficient (Wildman–Crippen LogP) is 3.33. The van der Waals surface area contributed by atoms with Crippen molar-refractivity contribution in [3.05, 3.63) is 71.4 Å². The molecule has 5 heteroatoms. The van der Waals surface area contributed by atoms with Crippen LogP contribution in [0.3, 0.4) is 0 Å². The van der Waals surface area contributed by atoms with Crippen molar-refractivity contribution in [3.63, 3.8) is 0 Å². The average Bonchev–Trinajstić information content (AvgIpc) is 3.02. The van der Waals surface area contributed by atoms with Crippen molar-refractivity contribution in [2.24, 2.45) is 7.05 Å². The number of nitrogens with one attached hydrogen (secondary N) is 1. The second kappa shape index (κ2) is 7.21. The first kappa shape index (κ1) is 16.8. The number of benzene rings is 2. The highest BCUT2D eigenvalue weighted by Crippen LogP contribution is 2.26. The van der Waals surface area contributed by atoms with E-state index in [0.717, 1.165) is 28.1 Å². The topological polar surface area (TPSA) is 56.1 Å². The van der Waals surface area contributed by atoms with E-state index < -0.39 is 0 Å². The number of carbonyl (C=O) groups is 1. The van der Waals surface area contributed by atoms with Gasteiger partial charge in [-0.05, 0) is 42.3 Å². The van der Waals surface area contributed by atoms with Crippen LogP contribution in [0.2, 0.25) is 0 Å². The second-order valence-corrected chi connectivity index (χ2v) is 5.89. The molecule has 0 aliphatic carbocycles. The van der Waals surface area contributed by atoms with Gasteiger partial charge in [0.15, 0.2) is 5.69 Å². The molecule has 0 aliphatic heterocycles. The molecule has 1 amide bonds. The van der Waals surface area contributed by atoms with Crippen LogP contribution in [-0.4, -0.2) is 22.8 Å². The van der Waals surface area contributed by atoms with Crippen molar-refractivity contribution in [2.75, 3.05) is 7.11 Å². The monoisotopic (exact) mass is 335 g/mol. The van der Waals surface area contributed by atoms with E-state index in [1.54, 1.807) is 11.8 Å². The molecule has 0 spiro atoms. The number of hydrogen-bond acceptors (Lipinski definition) is 3. The molecule has 0 atom stereocenters. The van der Waals surface area contributed by atoms with Crippen LogP contribution in [0.25, 0.3) is 11.3 Å². The summed E-state index contributed by atoms with van der Waals surface area (Å²) in [7, 11) is 3.49. The first-order chi connectivity index (χ1) is 12.1. The zero-order valence-corrected chi connectivity index (χ0v) is 14.6. The summed E-state index contributed by atoms with van der Waals surface area (Å²) in [6.07, 6.45) is 0. The van der Waals surface area contributed by atoms with Crippen LogP contribution in [0.4, 0.5) is 0 Å². The number of amides is 1. The smallest absolute Gasteiger partial charge is 0.272 e. The fourth-order valence-corrected chi connectivity index (χ4v) is 2.75. The highest BCUT2D eigenvalue weighted by Gasteiger charge is 2.14. The normalized spacial score (nSPS) is 10.5. The van der Waals surface area contributed by atoms with Crippen LogP contribution < -0.4 is 10.1 Å². The van der Waals surface area contributed by atoms with Crippen molar-refractivity contribution >= 4 is 5.91 Å². The zero-order chi connectivity index (χ0) is 17.8. The van der Waals surface area contributed by atoms with Crippen LogP contribution in [0.5, 0.6) is 5.75 Å². The Bertz CT molecular complexity index is 885. The highest BCUT2D eigenvalue weighted by atomic mass is 16.5. The number of aryl methyl sites for hydroxylation is 2. The summed E-state index contributed by atoms with van der Waals surface area (Å²) in [6.45, 7) is 2.47. The van der Waals surface area contributed by atoms with E-state index in [2.05, 4.69) is 10.4 Å².